The molecule has 0 aromatic heterocycles. The molecule has 1 N–H and O–H groups in total. The van der Waals surface area contributed by atoms with Crippen molar-refractivity contribution in [3.05, 3.63) is 27.2 Å². The van der Waals surface area contributed by atoms with Gasteiger partial charge < -0.3 is 5.32 Å². The summed E-state index contributed by atoms with van der Waals surface area (Å²) in [5.74, 6) is 0. The maximum atomic E-state index is 6.18. The maximum Gasteiger partial charge on any atom is 0.0644 e. The first kappa shape index (κ1) is 9.17. The van der Waals surface area contributed by atoms with E-state index in [0.717, 1.165) is 40.7 Å². The van der Waals surface area contributed by atoms with Gasteiger partial charge >= 0.3 is 0 Å². The van der Waals surface area contributed by atoms with E-state index in [1.54, 1.807) is 0 Å². The molecule has 0 aliphatic carbocycles. The van der Waals surface area contributed by atoms with Crippen LogP contribution >= 0.6 is 23.2 Å². The maximum absolute atomic E-state index is 6.18. The lowest BCUT2D eigenvalue weighted by molar-refractivity contribution is 0.829. The van der Waals surface area contributed by atoms with E-state index in [1.807, 2.05) is 13.0 Å². The van der Waals surface area contributed by atoms with Gasteiger partial charge in [0.25, 0.3) is 0 Å². The monoisotopic (exact) mass is 215 g/mol. The Morgan fingerprint density at radius 2 is 2.15 bits per heavy atom. The number of anilines is 1. The Hall–Kier alpha value is -0.400. The highest BCUT2D eigenvalue weighted by molar-refractivity contribution is 6.36. The van der Waals surface area contributed by atoms with Gasteiger partial charge in [0.15, 0.2) is 0 Å². The van der Waals surface area contributed by atoms with Crippen molar-refractivity contribution >= 4 is 28.9 Å². The SMILES string of the molecule is Cc1cc(Cl)c2c(c1Cl)CCCN2. The fourth-order valence-electron chi connectivity index (χ4n) is 1.72. The Kier molecular flexibility index (Phi) is 2.39. The smallest absolute Gasteiger partial charge is 0.0644 e. The molecule has 3 heteroatoms. The molecule has 70 valence electrons. The zero-order chi connectivity index (χ0) is 9.42. The van der Waals surface area contributed by atoms with Gasteiger partial charge in [-0.05, 0) is 37.0 Å². The summed E-state index contributed by atoms with van der Waals surface area (Å²) in [6.45, 7) is 2.98. The lowest BCUT2D eigenvalue weighted by Gasteiger charge is -2.21. The van der Waals surface area contributed by atoms with Crippen molar-refractivity contribution in [3.63, 3.8) is 0 Å². The van der Waals surface area contributed by atoms with E-state index in [4.69, 9.17) is 23.2 Å². The summed E-state index contributed by atoms with van der Waals surface area (Å²) in [7, 11) is 0. The van der Waals surface area contributed by atoms with Crippen LogP contribution in [-0.4, -0.2) is 6.54 Å². The van der Waals surface area contributed by atoms with Crippen LogP contribution in [0.25, 0.3) is 0 Å². The van der Waals surface area contributed by atoms with Crippen LogP contribution < -0.4 is 5.32 Å². The van der Waals surface area contributed by atoms with Crippen LogP contribution in [0, 0.1) is 6.92 Å². The van der Waals surface area contributed by atoms with Gasteiger partial charge in [-0.25, -0.2) is 0 Å². The number of hydrogen-bond acceptors (Lipinski definition) is 1. The Labute approximate surface area is 88.0 Å². The first-order valence-electron chi connectivity index (χ1n) is 4.41. The standard InChI is InChI=1S/C10H11Cl2N/c1-6-5-8(11)10-7(9(6)12)3-2-4-13-10/h5,13H,2-4H2,1H3. The molecule has 0 fully saturated rings. The van der Waals surface area contributed by atoms with E-state index in [-0.39, 0.29) is 0 Å². The molecule has 0 unspecified atom stereocenters. The summed E-state index contributed by atoms with van der Waals surface area (Å²) in [5, 5.41) is 4.94. The lowest BCUT2D eigenvalue weighted by atomic mass is 10.0. The van der Waals surface area contributed by atoms with Crippen molar-refractivity contribution < 1.29 is 0 Å². The number of fused-ring (bicyclic) bond motifs is 1. The zero-order valence-electron chi connectivity index (χ0n) is 7.45. The molecule has 1 heterocycles. The van der Waals surface area contributed by atoms with Crippen LogP contribution in [0.3, 0.4) is 0 Å². The molecule has 13 heavy (non-hydrogen) atoms. The summed E-state index contributed by atoms with van der Waals surface area (Å²) < 4.78 is 0. The second kappa shape index (κ2) is 3.39. The average molecular weight is 216 g/mol. The molecule has 1 aliphatic heterocycles. The average Bonchev–Trinajstić information content (AvgIpc) is 2.15. The quantitative estimate of drug-likeness (QED) is 0.697. The van der Waals surface area contributed by atoms with Crippen LogP contribution in [0.2, 0.25) is 10.0 Å². The third-order valence-corrected chi connectivity index (χ3v) is 3.22. The molecular formula is C10H11Cl2N. The predicted molar refractivity (Wildman–Crippen MR) is 58.0 cm³/mol. The van der Waals surface area contributed by atoms with E-state index < -0.39 is 0 Å². The molecule has 0 spiro atoms. The molecule has 0 amide bonds. The van der Waals surface area contributed by atoms with Crippen molar-refractivity contribution in [1.82, 2.24) is 0 Å². The third-order valence-electron chi connectivity index (χ3n) is 2.40. The van der Waals surface area contributed by atoms with Crippen LogP contribution in [0.15, 0.2) is 6.07 Å². The van der Waals surface area contributed by atoms with Crippen molar-refractivity contribution in [3.8, 4) is 0 Å². The minimum atomic E-state index is 0.789. The number of rotatable bonds is 0. The molecule has 0 saturated heterocycles. The molecule has 2 rings (SSSR count). The molecule has 1 aromatic rings. The Bertz CT molecular complexity index is 347. The van der Waals surface area contributed by atoms with Gasteiger partial charge in [0.2, 0.25) is 0 Å². The Morgan fingerprint density at radius 1 is 1.38 bits per heavy atom. The minimum Gasteiger partial charge on any atom is -0.384 e. The molecule has 1 aromatic carbocycles. The Balaban J connectivity index is 2.63. The summed E-state index contributed by atoms with van der Waals surface area (Å²) in [4.78, 5) is 0. The van der Waals surface area contributed by atoms with Gasteiger partial charge in [-0.1, -0.05) is 23.2 Å². The van der Waals surface area contributed by atoms with E-state index in [2.05, 4.69) is 5.32 Å². The lowest BCUT2D eigenvalue weighted by Crippen LogP contribution is -2.13. The van der Waals surface area contributed by atoms with E-state index in [1.165, 1.54) is 5.56 Å². The number of nitrogens with one attached hydrogen (secondary N) is 1. The second-order valence-electron chi connectivity index (χ2n) is 3.37. The molecule has 0 radical (unpaired) electrons. The van der Waals surface area contributed by atoms with Gasteiger partial charge in [-0.15, -0.1) is 0 Å². The molecule has 0 bridgehead atoms. The van der Waals surface area contributed by atoms with Crippen LogP contribution in [0.1, 0.15) is 17.5 Å². The van der Waals surface area contributed by atoms with Crippen LogP contribution in [0.5, 0.6) is 0 Å². The van der Waals surface area contributed by atoms with E-state index in [9.17, 15) is 0 Å². The highest BCUT2D eigenvalue weighted by Gasteiger charge is 2.16. The second-order valence-corrected chi connectivity index (χ2v) is 4.16. The summed E-state index contributed by atoms with van der Waals surface area (Å²) in [6.07, 6.45) is 2.16. The van der Waals surface area contributed by atoms with Gasteiger partial charge in [0.1, 0.15) is 0 Å². The number of aryl methyl sites for hydroxylation is 1. The predicted octanol–water partition coefficient (Wildman–Crippen LogP) is 3.66. The highest BCUT2D eigenvalue weighted by Crippen LogP contribution is 2.37. The normalized spacial score (nSPS) is 15.0. The summed E-state index contributed by atoms with van der Waals surface area (Å²) in [6, 6.07) is 1.92. The van der Waals surface area contributed by atoms with Gasteiger partial charge in [0.05, 0.1) is 10.7 Å². The van der Waals surface area contributed by atoms with Crippen LogP contribution in [-0.2, 0) is 6.42 Å². The molecule has 1 aliphatic rings. The summed E-state index contributed by atoms with van der Waals surface area (Å²) >= 11 is 12.3. The van der Waals surface area contributed by atoms with Crippen LogP contribution in [0.4, 0.5) is 5.69 Å². The largest absolute Gasteiger partial charge is 0.384 e. The Morgan fingerprint density at radius 3 is 2.92 bits per heavy atom. The number of benzene rings is 1. The number of halogens is 2. The van der Waals surface area contributed by atoms with Crippen molar-refractivity contribution in [2.45, 2.75) is 19.8 Å². The van der Waals surface area contributed by atoms with Crippen molar-refractivity contribution in [1.29, 1.82) is 0 Å². The van der Waals surface area contributed by atoms with Gasteiger partial charge in [-0.3, -0.25) is 0 Å². The number of hydrogen-bond donors (Lipinski definition) is 1. The third kappa shape index (κ3) is 1.51. The molecule has 1 nitrogen and oxygen atoms in total. The van der Waals surface area contributed by atoms with E-state index >= 15 is 0 Å². The topological polar surface area (TPSA) is 12.0 Å². The first-order valence-corrected chi connectivity index (χ1v) is 5.17. The molecule has 0 atom stereocenters. The molecule has 0 saturated carbocycles. The van der Waals surface area contributed by atoms with Crippen molar-refractivity contribution in [2.24, 2.45) is 0 Å². The van der Waals surface area contributed by atoms with Crippen molar-refractivity contribution in [2.75, 3.05) is 11.9 Å². The summed E-state index contributed by atoms with van der Waals surface area (Å²) in [5.41, 5.74) is 3.27. The minimum absolute atomic E-state index is 0.789. The fraction of sp³-hybridized carbons (Fsp3) is 0.400. The fourth-order valence-corrected chi connectivity index (χ4v) is 2.31. The highest BCUT2D eigenvalue weighted by atomic mass is 35.5. The van der Waals surface area contributed by atoms with Gasteiger partial charge in [-0.2, -0.15) is 0 Å². The zero-order valence-corrected chi connectivity index (χ0v) is 8.97. The van der Waals surface area contributed by atoms with Gasteiger partial charge in [0, 0.05) is 11.6 Å². The first-order chi connectivity index (χ1) is 6.20. The molecular weight excluding hydrogens is 205 g/mol. The van der Waals surface area contributed by atoms with E-state index in [0.29, 0.717) is 0 Å².